The molecule has 0 aliphatic rings. The molecule has 3 unspecified atom stereocenters. The quantitative estimate of drug-likeness (QED) is 0.0250. The Morgan fingerprint density at radius 2 is 1.05 bits per heavy atom. The maximum atomic E-state index is 13.1. The van der Waals surface area contributed by atoms with Gasteiger partial charge in [-0.3, -0.25) is 9.59 Å². The highest BCUT2D eigenvalue weighted by Crippen LogP contribution is 2.16. The molecule has 56 heavy (non-hydrogen) atoms. The fourth-order valence-electron chi connectivity index (χ4n) is 6.39. The number of rotatable bonds is 39. The predicted molar refractivity (Wildman–Crippen MR) is 241 cm³/mol. The van der Waals surface area contributed by atoms with Gasteiger partial charge in [0, 0.05) is 6.42 Å². The predicted octanol–water partition coefficient (Wildman–Crippen LogP) is 13.2. The molecule has 0 aromatic carbocycles. The normalized spacial score (nSPS) is 14.2. The lowest BCUT2D eigenvalue weighted by atomic mass is 10.0. The Kier molecular flexibility index (Phi) is 40.9. The molecule has 6 nitrogen and oxygen atoms in total. The Hall–Kier alpha value is -2.96. The van der Waals surface area contributed by atoms with Crippen molar-refractivity contribution in [2.75, 3.05) is 6.61 Å². The maximum Gasteiger partial charge on any atom is 0.306 e. The van der Waals surface area contributed by atoms with Crippen LogP contribution in [0.2, 0.25) is 0 Å². The first-order valence-corrected chi connectivity index (χ1v) is 22.9. The molecule has 0 aromatic heterocycles. The van der Waals surface area contributed by atoms with E-state index in [-0.39, 0.29) is 31.3 Å². The number of nitrogens with one attached hydrogen (secondary N) is 1. The van der Waals surface area contributed by atoms with Crippen molar-refractivity contribution in [1.82, 2.24) is 5.32 Å². The molecule has 0 heterocycles. The van der Waals surface area contributed by atoms with Gasteiger partial charge in [-0.25, -0.2) is 0 Å². The first kappa shape index (κ1) is 53.0. The zero-order valence-corrected chi connectivity index (χ0v) is 36.2. The van der Waals surface area contributed by atoms with Crippen molar-refractivity contribution < 1.29 is 24.5 Å². The van der Waals surface area contributed by atoms with Crippen LogP contribution in [0.15, 0.2) is 85.1 Å². The van der Waals surface area contributed by atoms with Crippen LogP contribution in [0.25, 0.3) is 0 Å². The molecular weight excluding hydrogens is 695 g/mol. The molecule has 0 saturated heterocycles. The molecule has 6 heteroatoms. The van der Waals surface area contributed by atoms with Crippen LogP contribution >= 0.6 is 0 Å². The number of esters is 1. The van der Waals surface area contributed by atoms with Gasteiger partial charge in [0.15, 0.2) is 0 Å². The molecule has 1 amide bonds. The minimum Gasteiger partial charge on any atom is -0.462 e. The third-order valence-corrected chi connectivity index (χ3v) is 9.85. The van der Waals surface area contributed by atoms with Crippen LogP contribution in [-0.2, 0) is 14.3 Å². The average molecular weight is 780 g/mol. The fourth-order valence-corrected chi connectivity index (χ4v) is 6.39. The average Bonchev–Trinajstić information content (AvgIpc) is 3.19. The van der Waals surface area contributed by atoms with Gasteiger partial charge in [0.1, 0.15) is 6.10 Å². The van der Waals surface area contributed by atoms with E-state index in [0.717, 1.165) is 51.4 Å². The van der Waals surface area contributed by atoms with E-state index in [2.05, 4.69) is 56.5 Å². The SMILES string of the molecule is CC/C=C/C=C/C=C\C=C/C=C/CCCC(CC(=O)NC(CO)C(O)CCCCCCCCCCCCC)OC(=O)CC/C=C/C/C=C\CCCCCCCC. The minimum absolute atomic E-state index is 0.00200. The second-order valence-electron chi connectivity index (χ2n) is 15.2. The number of allylic oxidation sites excluding steroid dienone is 14. The molecule has 0 aliphatic heterocycles. The van der Waals surface area contributed by atoms with Crippen LogP contribution in [0.3, 0.4) is 0 Å². The summed E-state index contributed by atoms with van der Waals surface area (Å²) < 4.78 is 5.82. The van der Waals surface area contributed by atoms with Crippen molar-refractivity contribution in [3.05, 3.63) is 85.1 Å². The van der Waals surface area contributed by atoms with Gasteiger partial charge in [0.05, 0.1) is 25.2 Å². The second-order valence-corrected chi connectivity index (χ2v) is 15.2. The number of aliphatic hydroxyl groups is 2. The minimum atomic E-state index is -0.817. The van der Waals surface area contributed by atoms with Crippen molar-refractivity contribution in [1.29, 1.82) is 0 Å². The van der Waals surface area contributed by atoms with Gasteiger partial charge >= 0.3 is 5.97 Å². The van der Waals surface area contributed by atoms with E-state index in [9.17, 15) is 19.8 Å². The topological polar surface area (TPSA) is 95.9 Å². The van der Waals surface area contributed by atoms with E-state index >= 15 is 0 Å². The third kappa shape index (κ3) is 37.9. The smallest absolute Gasteiger partial charge is 0.306 e. The molecule has 0 bridgehead atoms. The summed E-state index contributed by atoms with van der Waals surface area (Å²) >= 11 is 0. The van der Waals surface area contributed by atoms with Crippen molar-refractivity contribution in [3.63, 3.8) is 0 Å². The van der Waals surface area contributed by atoms with Gasteiger partial charge in [-0.2, -0.15) is 0 Å². The second kappa shape index (κ2) is 43.2. The van der Waals surface area contributed by atoms with E-state index < -0.39 is 18.2 Å². The van der Waals surface area contributed by atoms with Crippen LogP contribution in [-0.4, -0.2) is 46.9 Å². The first-order valence-electron chi connectivity index (χ1n) is 22.9. The number of aliphatic hydroxyl groups excluding tert-OH is 2. The zero-order chi connectivity index (χ0) is 41.0. The summed E-state index contributed by atoms with van der Waals surface area (Å²) in [5, 5.41) is 23.6. The molecule has 0 aliphatic carbocycles. The number of carbonyl (C=O) groups excluding carboxylic acids is 2. The number of hydrogen-bond acceptors (Lipinski definition) is 5. The molecule has 3 atom stereocenters. The highest BCUT2D eigenvalue weighted by Gasteiger charge is 2.23. The fraction of sp³-hybridized carbons (Fsp3) is 0.680. The van der Waals surface area contributed by atoms with Gasteiger partial charge in [-0.1, -0.05) is 209 Å². The Morgan fingerprint density at radius 1 is 0.554 bits per heavy atom. The van der Waals surface area contributed by atoms with Crippen molar-refractivity contribution in [2.45, 2.75) is 212 Å². The maximum absolute atomic E-state index is 13.1. The molecule has 0 rings (SSSR count). The van der Waals surface area contributed by atoms with Crippen LogP contribution < -0.4 is 5.32 Å². The molecule has 0 saturated carbocycles. The van der Waals surface area contributed by atoms with Crippen molar-refractivity contribution >= 4 is 11.9 Å². The lowest BCUT2D eigenvalue weighted by molar-refractivity contribution is -0.150. The van der Waals surface area contributed by atoms with E-state index in [1.807, 2.05) is 54.7 Å². The molecule has 320 valence electrons. The zero-order valence-electron chi connectivity index (χ0n) is 36.2. The number of unbranched alkanes of at least 4 members (excludes halogenated alkanes) is 17. The van der Waals surface area contributed by atoms with Crippen molar-refractivity contribution in [2.24, 2.45) is 0 Å². The molecular formula is C50H85NO5. The largest absolute Gasteiger partial charge is 0.462 e. The van der Waals surface area contributed by atoms with E-state index in [1.165, 1.54) is 89.9 Å². The monoisotopic (exact) mass is 780 g/mol. The van der Waals surface area contributed by atoms with Gasteiger partial charge in [-0.05, 0) is 57.8 Å². The summed E-state index contributed by atoms with van der Waals surface area (Å²) in [5.41, 5.74) is 0. The number of amides is 1. The molecule has 0 radical (unpaired) electrons. The molecule has 0 aromatic rings. The Labute approximate surface area is 344 Å². The lowest BCUT2D eigenvalue weighted by Gasteiger charge is -2.24. The summed E-state index contributed by atoms with van der Waals surface area (Å²) in [6.07, 6.45) is 55.1. The Bertz CT molecular complexity index is 1100. The number of hydrogen-bond donors (Lipinski definition) is 3. The van der Waals surface area contributed by atoms with Gasteiger partial charge in [-0.15, -0.1) is 0 Å². The number of ether oxygens (including phenoxy) is 1. The molecule has 3 N–H and O–H groups in total. The third-order valence-electron chi connectivity index (χ3n) is 9.85. The number of carbonyl (C=O) groups is 2. The van der Waals surface area contributed by atoms with E-state index in [4.69, 9.17) is 4.74 Å². The van der Waals surface area contributed by atoms with Crippen LogP contribution in [0, 0.1) is 0 Å². The summed E-state index contributed by atoms with van der Waals surface area (Å²) in [6, 6.07) is -0.737. The van der Waals surface area contributed by atoms with Gasteiger partial charge < -0.3 is 20.3 Å². The Morgan fingerprint density at radius 3 is 1.62 bits per heavy atom. The van der Waals surface area contributed by atoms with Crippen LogP contribution in [0.4, 0.5) is 0 Å². The summed E-state index contributed by atoms with van der Waals surface area (Å²) in [5.74, 6) is -0.636. The highest BCUT2D eigenvalue weighted by atomic mass is 16.5. The first-order chi connectivity index (χ1) is 27.5. The summed E-state index contributed by atoms with van der Waals surface area (Å²) in [6.45, 7) is 6.26. The van der Waals surface area contributed by atoms with Crippen LogP contribution in [0.1, 0.15) is 194 Å². The standard InChI is InChI=1S/C50H85NO5/c1-4-7-10-13-16-19-22-24-27-29-32-35-38-41-46(56-50(55)43-40-37-34-31-28-25-23-20-17-14-11-8-5-2)44-49(54)51-47(45-52)48(53)42-39-36-33-30-26-21-18-15-12-9-6-3/h7,10,13,16,19,22,24-25,27-29,32,34,37,46-48,52-53H,4-6,8-9,11-12,14-15,17-18,20-21,23,26,30-31,33,35-36,38-45H2,1-3H3,(H,51,54)/b10-7+,16-13+,22-19-,27-24-,28-25-,32-29+,37-34+. The molecule has 0 spiro atoms. The van der Waals surface area contributed by atoms with E-state index in [1.54, 1.807) is 0 Å². The van der Waals surface area contributed by atoms with E-state index in [0.29, 0.717) is 19.3 Å². The lowest BCUT2D eigenvalue weighted by Crippen LogP contribution is -2.46. The van der Waals surface area contributed by atoms with Gasteiger partial charge in [0.25, 0.3) is 0 Å². The highest BCUT2D eigenvalue weighted by molar-refractivity contribution is 5.77. The summed E-state index contributed by atoms with van der Waals surface area (Å²) in [7, 11) is 0. The summed E-state index contributed by atoms with van der Waals surface area (Å²) in [4.78, 5) is 25.9. The van der Waals surface area contributed by atoms with Crippen LogP contribution in [0.5, 0.6) is 0 Å². The Balaban J connectivity index is 4.82. The molecule has 0 fully saturated rings. The van der Waals surface area contributed by atoms with Crippen molar-refractivity contribution in [3.8, 4) is 0 Å². The van der Waals surface area contributed by atoms with Gasteiger partial charge in [0.2, 0.25) is 5.91 Å².